The van der Waals surface area contributed by atoms with E-state index in [2.05, 4.69) is 31.4 Å². The molecule has 0 amide bonds. The third kappa shape index (κ3) is 4.87. The Kier molecular flexibility index (Phi) is 5.05. The Morgan fingerprint density at radius 1 is 1.00 bits per heavy atom. The second kappa shape index (κ2) is 6.36. The number of hydrogen-bond donors (Lipinski definition) is 2. The third-order valence-corrected chi connectivity index (χ3v) is 4.08. The number of rotatable bonds is 4. The molecule has 3 heteroatoms. The number of ether oxygens (including phenoxy) is 1. The van der Waals surface area contributed by atoms with Gasteiger partial charge < -0.3 is 15.4 Å². The monoisotopic (exact) mass is 254 g/mol. The maximum Gasteiger partial charge on any atom is 0.0507 e. The summed E-state index contributed by atoms with van der Waals surface area (Å²) in [5, 5.41) is 7.47. The van der Waals surface area contributed by atoms with Gasteiger partial charge in [-0.25, -0.2) is 0 Å². The first kappa shape index (κ1) is 14.3. The molecule has 2 aliphatic rings. The SMILES string of the molecule is CC(C)(C)NC1CCC(NCC2CCOC2)CC1. The van der Waals surface area contributed by atoms with Crippen LogP contribution in [0, 0.1) is 5.92 Å². The summed E-state index contributed by atoms with van der Waals surface area (Å²) >= 11 is 0. The predicted octanol–water partition coefficient (Wildman–Crippen LogP) is 2.31. The van der Waals surface area contributed by atoms with Crippen molar-refractivity contribution in [1.82, 2.24) is 10.6 Å². The lowest BCUT2D eigenvalue weighted by Crippen LogP contribution is -2.47. The molecule has 1 atom stereocenters. The van der Waals surface area contributed by atoms with Crippen LogP contribution >= 0.6 is 0 Å². The van der Waals surface area contributed by atoms with E-state index in [0.29, 0.717) is 0 Å². The van der Waals surface area contributed by atoms with Gasteiger partial charge >= 0.3 is 0 Å². The number of hydrogen-bond acceptors (Lipinski definition) is 3. The van der Waals surface area contributed by atoms with Crippen LogP contribution in [0.25, 0.3) is 0 Å². The molecule has 106 valence electrons. The number of nitrogens with one attached hydrogen (secondary N) is 2. The molecule has 0 spiro atoms. The summed E-state index contributed by atoms with van der Waals surface area (Å²) in [5.74, 6) is 0.760. The molecule has 1 saturated carbocycles. The van der Waals surface area contributed by atoms with Crippen LogP contribution in [0.4, 0.5) is 0 Å². The largest absolute Gasteiger partial charge is 0.381 e. The van der Waals surface area contributed by atoms with Gasteiger partial charge in [0.2, 0.25) is 0 Å². The van der Waals surface area contributed by atoms with Crippen LogP contribution in [0.15, 0.2) is 0 Å². The maximum absolute atomic E-state index is 5.42. The van der Waals surface area contributed by atoms with Crippen molar-refractivity contribution in [2.24, 2.45) is 5.92 Å². The molecule has 2 fully saturated rings. The molecule has 1 unspecified atom stereocenters. The van der Waals surface area contributed by atoms with Gasteiger partial charge in [-0.1, -0.05) is 0 Å². The van der Waals surface area contributed by atoms with E-state index in [1.54, 1.807) is 0 Å². The first-order valence-electron chi connectivity index (χ1n) is 7.62. The zero-order chi connectivity index (χ0) is 13.0. The molecular formula is C15H30N2O. The average molecular weight is 254 g/mol. The van der Waals surface area contributed by atoms with Gasteiger partial charge in [0.1, 0.15) is 0 Å². The highest BCUT2D eigenvalue weighted by Crippen LogP contribution is 2.21. The van der Waals surface area contributed by atoms with Gasteiger partial charge in [0.25, 0.3) is 0 Å². The van der Waals surface area contributed by atoms with Crippen LogP contribution in [-0.4, -0.2) is 37.4 Å². The van der Waals surface area contributed by atoms with E-state index in [0.717, 1.165) is 37.8 Å². The molecule has 2 rings (SSSR count). The molecule has 1 aliphatic carbocycles. The van der Waals surface area contributed by atoms with E-state index in [9.17, 15) is 0 Å². The summed E-state index contributed by atoms with van der Waals surface area (Å²) in [5.41, 5.74) is 0.256. The Bertz CT molecular complexity index is 235. The fourth-order valence-corrected chi connectivity index (χ4v) is 3.13. The Hall–Kier alpha value is -0.120. The van der Waals surface area contributed by atoms with Gasteiger partial charge in [0.05, 0.1) is 6.61 Å². The summed E-state index contributed by atoms with van der Waals surface area (Å²) in [6.07, 6.45) is 6.52. The van der Waals surface area contributed by atoms with Crippen molar-refractivity contribution in [3.8, 4) is 0 Å². The van der Waals surface area contributed by atoms with E-state index >= 15 is 0 Å². The summed E-state index contributed by atoms with van der Waals surface area (Å²) in [4.78, 5) is 0. The van der Waals surface area contributed by atoms with E-state index < -0.39 is 0 Å². The highest BCUT2D eigenvalue weighted by atomic mass is 16.5. The molecule has 1 heterocycles. The van der Waals surface area contributed by atoms with E-state index in [4.69, 9.17) is 4.74 Å². The molecule has 2 N–H and O–H groups in total. The first-order valence-corrected chi connectivity index (χ1v) is 7.62. The Morgan fingerprint density at radius 2 is 1.67 bits per heavy atom. The summed E-state index contributed by atoms with van der Waals surface area (Å²) < 4.78 is 5.42. The molecule has 18 heavy (non-hydrogen) atoms. The second-order valence-electron chi connectivity index (χ2n) is 7.08. The van der Waals surface area contributed by atoms with Crippen molar-refractivity contribution in [2.75, 3.05) is 19.8 Å². The van der Waals surface area contributed by atoms with Crippen molar-refractivity contribution in [2.45, 2.75) is 70.5 Å². The van der Waals surface area contributed by atoms with Crippen molar-refractivity contribution in [3.63, 3.8) is 0 Å². The van der Waals surface area contributed by atoms with E-state index in [1.807, 2.05) is 0 Å². The van der Waals surface area contributed by atoms with Crippen molar-refractivity contribution < 1.29 is 4.74 Å². The lowest BCUT2D eigenvalue weighted by atomic mass is 9.89. The summed E-state index contributed by atoms with van der Waals surface area (Å²) in [6, 6.07) is 1.46. The normalized spacial score (nSPS) is 33.8. The average Bonchev–Trinajstić information content (AvgIpc) is 2.79. The minimum atomic E-state index is 0.256. The van der Waals surface area contributed by atoms with Gasteiger partial charge in [-0.15, -0.1) is 0 Å². The molecule has 0 aromatic rings. The molecule has 0 bridgehead atoms. The van der Waals surface area contributed by atoms with E-state index in [1.165, 1.54) is 32.1 Å². The van der Waals surface area contributed by atoms with Crippen molar-refractivity contribution in [3.05, 3.63) is 0 Å². The van der Waals surface area contributed by atoms with Crippen molar-refractivity contribution in [1.29, 1.82) is 0 Å². The van der Waals surface area contributed by atoms with Crippen LogP contribution in [0.2, 0.25) is 0 Å². The molecule has 0 radical (unpaired) electrons. The van der Waals surface area contributed by atoms with Crippen LogP contribution in [0.5, 0.6) is 0 Å². The highest BCUT2D eigenvalue weighted by molar-refractivity contribution is 4.85. The summed E-state index contributed by atoms with van der Waals surface area (Å²) in [7, 11) is 0. The standard InChI is InChI=1S/C15H30N2O/c1-15(2,3)17-14-6-4-13(5-7-14)16-10-12-8-9-18-11-12/h12-14,16-17H,4-11H2,1-3H3. The molecule has 1 saturated heterocycles. The minimum absolute atomic E-state index is 0.256. The second-order valence-corrected chi connectivity index (χ2v) is 7.08. The molecule has 1 aliphatic heterocycles. The van der Waals surface area contributed by atoms with Gasteiger partial charge in [-0.05, 0) is 58.8 Å². The fraction of sp³-hybridized carbons (Fsp3) is 1.00. The van der Waals surface area contributed by atoms with E-state index in [-0.39, 0.29) is 5.54 Å². The maximum atomic E-state index is 5.42. The van der Waals surface area contributed by atoms with Crippen molar-refractivity contribution >= 4 is 0 Å². The fourth-order valence-electron chi connectivity index (χ4n) is 3.13. The smallest absolute Gasteiger partial charge is 0.0507 e. The zero-order valence-corrected chi connectivity index (χ0v) is 12.3. The Labute approximate surface area is 112 Å². The first-order chi connectivity index (χ1) is 8.53. The van der Waals surface area contributed by atoms with Crippen LogP contribution in [0.3, 0.4) is 0 Å². The molecule has 0 aromatic heterocycles. The Morgan fingerprint density at radius 3 is 2.22 bits per heavy atom. The van der Waals surface area contributed by atoms with Gasteiger partial charge in [-0.3, -0.25) is 0 Å². The predicted molar refractivity (Wildman–Crippen MR) is 75.9 cm³/mol. The lowest BCUT2D eigenvalue weighted by molar-refractivity contribution is 0.183. The zero-order valence-electron chi connectivity index (χ0n) is 12.3. The third-order valence-electron chi connectivity index (χ3n) is 4.08. The van der Waals surface area contributed by atoms with Crippen LogP contribution < -0.4 is 10.6 Å². The Balaban J connectivity index is 1.61. The molecular weight excluding hydrogens is 224 g/mol. The van der Waals surface area contributed by atoms with Gasteiger partial charge in [0.15, 0.2) is 0 Å². The van der Waals surface area contributed by atoms with Gasteiger partial charge in [0, 0.05) is 30.8 Å². The molecule has 0 aromatic carbocycles. The van der Waals surface area contributed by atoms with Crippen LogP contribution in [0.1, 0.15) is 52.9 Å². The minimum Gasteiger partial charge on any atom is -0.381 e. The lowest BCUT2D eigenvalue weighted by Gasteiger charge is -2.34. The quantitative estimate of drug-likeness (QED) is 0.808. The van der Waals surface area contributed by atoms with Crippen LogP contribution in [-0.2, 0) is 4.74 Å². The highest BCUT2D eigenvalue weighted by Gasteiger charge is 2.25. The topological polar surface area (TPSA) is 33.3 Å². The summed E-state index contributed by atoms with van der Waals surface area (Å²) in [6.45, 7) is 9.87. The molecule has 3 nitrogen and oxygen atoms in total. The van der Waals surface area contributed by atoms with Gasteiger partial charge in [-0.2, -0.15) is 0 Å².